The van der Waals surface area contributed by atoms with Crippen molar-refractivity contribution >= 4 is 21.7 Å². The zero-order valence-corrected chi connectivity index (χ0v) is 13.4. The maximum absolute atomic E-state index is 12.6. The first kappa shape index (κ1) is 18.1. The number of aryl methyl sites for hydroxylation is 2. The number of carboxylic acid groups (broad SMARTS) is 1. The Morgan fingerprint density at radius 1 is 1.32 bits per heavy atom. The van der Waals surface area contributed by atoms with Gasteiger partial charge in [-0.05, 0) is 31.9 Å². The number of aliphatic carboxylic acids is 1. The Balaban J connectivity index is 3.40. The summed E-state index contributed by atoms with van der Waals surface area (Å²) in [7, 11) is -4.02. The second-order valence-electron chi connectivity index (χ2n) is 4.89. The van der Waals surface area contributed by atoms with Crippen LogP contribution in [0.1, 0.15) is 24.5 Å². The van der Waals surface area contributed by atoms with Crippen LogP contribution in [0.25, 0.3) is 0 Å². The second kappa shape index (κ2) is 6.84. The predicted octanol–water partition coefficient (Wildman–Crippen LogP) is 1.70. The molecular weight excluding hydrogens is 312 g/mol. The molecule has 8 nitrogen and oxygen atoms in total. The Morgan fingerprint density at radius 2 is 1.91 bits per heavy atom. The number of sulfonamides is 1. The van der Waals surface area contributed by atoms with Crippen LogP contribution in [0.4, 0.5) is 5.69 Å². The predicted molar refractivity (Wildman–Crippen MR) is 79.3 cm³/mol. The first-order valence-corrected chi connectivity index (χ1v) is 8.02. The average Bonchev–Trinajstić information content (AvgIpc) is 2.39. The van der Waals surface area contributed by atoms with Gasteiger partial charge >= 0.3 is 5.97 Å². The zero-order valence-electron chi connectivity index (χ0n) is 12.6. The number of carboxylic acids is 1. The lowest BCUT2D eigenvalue weighted by atomic mass is 10.1. The highest BCUT2D eigenvalue weighted by atomic mass is 32.2. The van der Waals surface area contributed by atoms with Crippen molar-refractivity contribution in [2.45, 2.75) is 32.1 Å². The third kappa shape index (κ3) is 3.80. The molecule has 0 unspecified atom stereocenters. The van der Waals surface area contributed by atoms with Crippen LogP contribution in [0.2, 0.25) is 0 Å². The third-order valence-corrected chi connectivity index (χ3v) is 5.08. The Bertz CT molecular complexity index is 699. The fourth-order valence-electron chi connectivity index (χ4n) is 2.07. The molecule has 0 atom stereocenters. The molecule has 0 aliphatic rings. The third-order valence-electron chi connectivity index (χ3n) is 3.09. The number of nitro benzene ring substituents is 1. The fourth-order valence-corrected chi connectivity index (χ4v) is 3.85. The number of carbonyl (C=O) groups is 1. The summed E-state index contributed by atoms with van der Waals surface area (Å²) in [6, 6.07) is 2.40. The molecule has 0 aliphatic heterocycles. The molecular formula is C13H18N2O6S. The van der Waals surface area contributed by atoms with Crippen molar-refractivity contribution < 1.29 is 23.2 Å². The van der Waals surface area contributed by atoms with E-state index < -0.39 is 27.5 Å². The highest BCUT2D eigenvalue weighted by Crippen LogP contribution is 2.27. The standard InChI is InChI=1S/C13H18N2O6S/c1-4-5-14(8-13(16)17)22(20,21)12-7-9(2)11(15(18)19)6-10(12)3/h6-7H,4-5,8H2,1-3H3,(H,16,17). The molecule has 1 aromatic rings. The van der Waals surface area contributed by atoms with Gasteiger partial charge in [0.05, 0.1) is 9.82 Å². The minimum atomic E-state index is -4.02. The van der Waals surface area contributed by atoms with Crippen LogP contribution >= 0.6 is 0 Å². The van der Waals surface area contributed by atoms with Gasteiger partial charge in [-0.1, -0.05) is 6.92 Å². The Kier molecular flexibility index (Phi) is 5.61. The van der Waals surface area contributed by atoms with E-state index in [1.165, 1.54) is 26.0 Å². The van der Waals surface area contributed by atoms with Crippen molar-refractivity contribution in [2.75, 3.05) is 13.1 Å². The van der Waals surface area contributed by atoms with Gasteiger partial charge in [-0.3, -0.25) is 14.9 Å². The highest BCUT2D eigenvalue weighted by Gasteiger charge is 2.29. The summed E-state index contributed by atoms with van der Waals surface area (Å²) in [6.07, 6.45) is 0.456. The van der Waals surface area contributed by atoms with E-state index in [1.54, 1.807) is 6.92 Å². The summed E-state index contributed by atoms with van der Waals surface area (Å²) < 4.78 is 26.1. The summed E-state index contributed by atoms with van der Waals surface area (Å²) in [5.41, 5.74) is 0.251. The summed E-state index contributed by atoms with van der Waals surface area (Å²) in [4.78, 5) is 21.1. The van der Waals surface area contributed by atoms with E-state index in [2.05, 4.69) is 0 Å². The molecule has 0 saturated heterocycles. The molecule has 9 heteroatoms. The number of rotatable bonds is 7. The Hall–Kier alpha value is -2.00. The molecule has 0 aromatic heterocycles. The molecule has 0 saturated carbocycles. The molecule has 122 valence electrons. The number of benzene rings is 1. The van der Waals surface area contributed by atoms with E-state index in [9.17, 15) is 23.3 Å². The highest BCUT2D eigenvalue weighted by molar-refractivity contribution is 7.89. The topological polar surface area (TPSA) is 118 Å². The normalized spacial score (nSPS) is 11.6. The van der Waals surface area contributed by atoms with E-state index >= 15 is 0 Å². The van der Waals surface area contributed by atoms with Crippen molar-refractivity contribution in [3.8, 4) is 0 Å². The lowest BCUT2D eigenvalue weighted by molar-refractivity contribution is -0.385. The van der Waals surface area contributed by atoms with Crippen LogP contribution in [-0.2, 0) is 14.8 Å². The van der Waals surface area contributed by atoms with E-state index in [-0.39, 0.29) is 28.3 Å². The first-order chi connectivity index (χ1) is 10.1. The molecule has 1 aromatic carbocycles. The number of nitrogens with zero attached hydrogens (tertiary/aromatic N) is 2. The van der Waals surface area contributed by atoms with E-state index in [0.717, 1.165) is 4.31 Å². The molecule has 0 fully saturated rings. The lowest BCUT2D eigenvalue weighted by Gasteiger charge is -2.21. The summed E-state index contributed by atoms with van der Waals surface area (Å²) in [5.74, 6) is -1.26. The lowest BCUT2D eigenvalue weighted by Crippen LogP contribution is -2.36. The van der Waals surface area contributed by atoms with Crippen molar-refractivity contribution in [2.24, 2.45) is 0 Å². The van der Waals surface area contributed by atoms with Crippen molar-refractivity contribution in [3.63, 3.8) is 0 Å². The van der Waals surface area contributed by atoms with Gasteiger partial charge in [-0.15, -0.1) is 0 Å². The van der Waals surface area contributed by atoms with E-state index in [4.69, 9.17) is 5.11 Å². The smallest absolute Gasteiger partial charge is 0.318 e. The van der Waals surface area contributed by atoms with Gasteiger partial charge in [0.2, 0.25) is 10.0 Å². The Labute approximate surface area is 128 Å². The number of nitro groups is 1. The monoisotopic (exact) mass is 330 g/mol. The Morgan fingerprint density at radius 3 is 2.36 bits per heavy atom. The van der Waals surface area contributed by atoms with Gasteiger partial charge in [0.25, 0.3) is 5.69 Å². The van der Waals surface area contributed by atoms with Crippen molar-refractivity contribution in [3.05, 3.63) is 33.4 Å². The van der Waals surface area contributed by atoms with E-state index in [0.29, 0.717) is 6.42 Å². The molecule has 0 radical (unpaired) electrons. The summed E-state index contributed by atoms with van der Waals surface area (Å²) in [5, 5.41) is 19.8. The van der Waals surface area contributed by atoms with Crippen molar-refractivity contribution in [1.29, 1.82) is 0 Å². The van der Waals surface area contributed by atoms with E-state index in [1.807, 2.05) is 0 Å². The molecule has 0 heterocycles. The van der Waals surface area contributed by atoms with Crippen LogP contribution in [0.3, 0.4) is 0 Å². The first-order valence-electron chi connectivity index (χ1n) is 6.58. The molecule has 22 heavy (non-hydrogen) atoms. The number of hydrogen-bond acceptors (Lipinski definition) is 5. The van der Waals surface area contributed by atoms with Gasteiger partial charge in [0.1, 0.15) is 6.54 Å². The van der Waals surface area contributed by atoms with Gasteiger partial charge < -0.3 is 5.11 Å². The van der Waals surface area contributed by atoms with Crippen LogP contribution in [0.15, 0.2) is 17.0 Å². The molecule has 0 aliphatic carbocycles. The molecule has 1 N–H and O–H groups in total. The largest absolute Gasteiger partial charge is 0.480 e. The summed E-state index contributed by atoms with van der Waals surface area (Å²) >= 11 is 0. The van der Waals surface area contributed by atoms with Crippen LogP contribution in [0.5, 0.6) is 0 Å². The fraction of sp³-hybridized carbons (Fsp3) is 0.462. The van der Waals surface area contributed by atoms with Crippen LogP contribution in [0, 0.1) is 24.0 Å². The van der Waals surface area contributed by atoms with Crippen LogP contribution < -0.4 is 0 Å². The second-order valence-corrected chi connectivity index (χ2v) is 6.80. The van der Waals surface area contributed by atoms with Gasteiger partial charge in [0.15, 0.2) is 0 Å². The maximum atomic E-state index is 12.6. The molecule has 0 spiro atoms. The quantitative estimate of drug-likeness (QED) is 0.600. The van der Waals surface area contributed by atoms with Crippen LogP contribution in [-0.4, -0.2) is 41.8 Å². The minimum absolute atomic E-state index is 0.0596. The summed E-state index contributed by atoms with van der Waals surface area (Å²) in [6.45, 7) is 4.04. The average molecular weight is 330 g/mol. The van der Waals surface area contributed by atoms with Crippen molar-refractivity contribution in [1.82, 2.24) is 4.31 Å². The molecule has 1 rings (SSSR count). The minimum Gasteiger partial charge on any atom is -0.480 e. The molecule has 0 amide bonds. The van der Waals surface area contributed by atoms with Gasteiger partial charge in [-0.2, -0.15) is 4.31 Å². The van der Waals surface area contributed by atoms with Gasteiger partial charge in [0, 0.05) is 18.2 Å². The SMILES string of the molecule is CCCN(CC(=O)O)S(=O)(=O)c1cc(C)c([N+](=O)[O-])cc1C. The zero-order chi connectivity index (χ0) is 17.1. The maximum Gasteiger partial charge on any atom is 0.318 e. The number of hydrogen-bond donors (Lipinski definition) is 1. The van der Waals surface area contributed by atoms with Gasteiger partial charge in [-0.25, -0.2) is 8.42 Å². The molecule has 0 bridgehead atoms.